The van der Waals surface area contributed by atoms with Crippen LogP contribution in [0.1, 0.15) is 21.7 Å². The summed E-state index contributed by atoms with van der Waals surface area (Å²) in [5.74, 6) is 4.63. The van der Waals surface area contributed by atoms with Gasteiger partial charge in [0, 0.05) is 6.42 Å². The topological polar surface area (TPSA) is 103 Å². The highest BCUT2D eigenvalue weighted by atomic mass is 32.1. The number of phenolic OH excluding ortho intramolecular Hbond substituents is 2. The van der Waals surface area contributed by atoms with Crippen LogP contribution in [-0.2, 0) is 0 Å². The number of hydrogen-bond acceptors (Lipinski definition) is 6. The molecule has 108 valence electrons. The van der Waals surface area contributed by atoms with Crippen LogP contribution in [0.2, 0.25) is 0 Å². The molecule has 6 nitrogen and oxygen atoms in total. The molecule has 1 aromatic heterocycles. The minimum atomic E-state index is -0.576. The number of nitrogens with zero attached hydrogens (tertiary/aromatic N) is 1. The second kappa shape index (κ2) is 6.74. The third kappa shape index (κ3) is 3.95. The molecule has 1 amide bonds. The molecule has 2 rings (SSSR count). The molecule has 4 N–H and O–H groups in total. The van der Waals surface area contributed by atoms with E-state index in [0.29, 0.717) is 16.4 Å². The Kier molecular flexibility index (Phi) is 4.77. The van der Waals surface area contributed by atoms with Crippen molar-refractivity contribution in [3.05, 3.63) is 34.8 Å². The first-order valence-corrected chi connectivity index (χ1v) is 6.80. The molecular formula is C14H12N2O4S. The number of benzene rings is 1. The standard InChI is InChI=1S/C14H12N2O4S/c17-6-2-1-3-10-8-15-14(21-10)16-13(20)11-7-9(18)4-5-12(11)19/h4-5,7-8,17-19H,2,6H2,(H,15,16,20). The van der Waals surface area contributed by atoms with E-state index < -0.39 is 5.91 Å². The van der Waals surface area contributed by atoms with Gasteiger partial charge < -0.3 is 15.3 Å². The quantitative estimate of drug-likeness (QED) is 0.509. The van der Waals surface area contributed by atoms with E-state index in [0.717, 1.165) is 0 Å². The number of aromatic hydroxyl groups is 2. The van der Waals surface area contributed by atoms with E-state index in [1.54, 1.807) is 0 Å². The zero-order valence-corrected chi connectivity index (χ0v) is 11.6. The summed E-state index contributed by atoms with van der Waals surface area (Å²) < 4.78 is 0. The summed E-state index contributed by atoms with van der Waals surface area (Å²) in [4.78, 5) is 16.6. The molecule has 1 heterocycles. The van der Waals surface area contributed by atoms with E-state index in [2.05, 4.69) is 22.1 Å². The SMILES string of the molecule is O=C(Nc1ncc(C#CCCO)s1)c1cc(O)ccc1O. The Morgan fingerprint density at radius 2 is 2.19 bits per heavy atom. The Bertz CT molecular complexity index is 715. The number of aliphatic hydroxyl groups excluding tert-OH is 1. The fourth-order valence-corrected chi connectivity index (χ4v) is 2.15. The maximum atomic E-state index is 12.0. The Balaban J connectivity index is 2.10. The van der Waals surface area contributed by atoms with E-state index in [-0.39, 0.29) is 23.7 Å². The predicted molar refractivity (Wildman–Crippen MR) is 78.4 cm³/mol. The summed E-state index contributed by atoms with van der Waals surface area (Å²) in [6.45, 7) is -0.00776. The number of thiazole rings is 1. The predicted octanol–water partition coefficient (Wildman–Crippen LogP) is 1.54. The van der Waals surface area contributed by atoms with Crippen molar-refractivity contribution in [2.75, 3.05) is 11.9 Å². The molecule has 0 atom stereocenters. The lowest BCUT2D eigenvalue weighted by Gasteiger charge is -2.04. The highest BCUT2D eigenvalue weighted by Gasteiger charge is 2.13. The fourth-order valence-electron chi connectivity index (χ4n) is 1.47. The minimum Gasteiger partial charge on any atom is -0.508 e. The van der Waals surface area contributed by atoms with Gasteiger partial charge in [0.05, 0.1) is 23.2 Å². The summed E-state index contributed by atoms with van der Waals surface area (Å²) in [7, 11) is 0. The molecule has 2 aromatic rings. The van der Waals surface area contributed by atoms with E-state index in [1.165, 1.54) is 35.7 Å². The van der Waals surface area contributed by atoms with Crippen molar-refractivity contribution < 1.29 is 20.1 Å². The Labute approximate surface area is 124 Å². The van der Waals surface area contributed by atoms with Crippen molar-refractivity contribution in [2.24, 2.45) is 0 Å². The van der Waals surface area contributed by atoms with Crippen LogP contribution in [0.3, 0.4) is 0 Å². The molecule has 1 aromatic carbocycles. The summed E-state index contributed by atoms with van der Waals surface area (Å²) >= 11 is 1.17. The summed E-state index contributed by atoms with van der Waals surface area (Å²) in [6.07, 6.45) is 1.88. The number of carbonyl (C=O) groups excluding carboxylic acids is 1. The molecule has 0 spiro atoms. The van der Waals surface area contributed by atoms with Crippen molar-refractivity contribution >= 4 is 22.4 Å². The van der Waals surface area contributed by atoms with Gasteiger partial charge >= 0.3 is 0 Å². The fraction of sp³-hybridized carbons (Fsp3) is 0.143. The summed E-state index contributed by atoms with van der Waals surface area (Å²) in [6, 6.07) is 3.68. The summed E-state index contributed by atoms with van der Waals surface area (Å²) in [5.41, 5.74) is -0.0434. The molecule has 21 heavy (non-hydrogen) atoms. The molecule has 0 aliphatic carbocycles. The molecule has 0 fully saturated rings. The first-order valence-electron chi connectivity index (χ1n) is 5.99. The smallest absolute Gasteiger partial charge is 0.261 e. The van der Waals surface area contributed by atoms with Gasteiger partial charge in [-0.05, 0) is 18.2 Å². The first kappa shape index (κ1) is 14.8. The number of phenols is 2. The van der Waals surface area contributed by atoms with Crippen molar-refractivity contribution in [2.45, 2.75) is 6.42 Å². The Hall–Kier alpha value is -2.56. The van der Waals surface area contributed by atoms with E-state index in [9.17, 15) is 15.0 Å². The second-order valence-electron chi connectivity index (χ2n) is 3.96. The van der Waals surface area contributed by atoms with Crippen molar-refractivity contribution in [3.63, 3.8) is 0 Å². The number of amides is 1. The molecule has 0 bridgehead atoms. The minimum absolute atomic E-state index is 0.00776. The monoisotopic (exact) mass is 304 g/mol. The highest BCUT2D eigenvalue weighted by molar-refractivity contribution is 7.16. The third-order valence-electron chi connectivity index (χ3n) is 2.40. The first-order chi connectivity index (χ1) is 10.1. The van der Waals surface area contributed by atoms with Gasteiger partial charge in [-0.1, -0.05) is 23.2 Å². The van der Waals surface area contributed by atoms with Crippen LogP contribution >= 0.6 is 11.3 Å². The maximum Gasteiger partial charge on any atom is 0.261 e. The van der Waals surface area contributed by atoms with Crippen LogP contribution in [0, 0.1) is 11.8 Å². The lowest BCUT2D eigenvalue weighted by molar-refractivity contribution is 0.102. The molecule has 0 aliphatic rings. The van der Waals surface area contributed by atoms with Crippen LogP contribution in [0.25, 0.3) is 0 Å². The Morgan fingerprint density at radius 1 is 1.38 bits per heavy atom. The molecule has 7 heteroatoms. The summed E-state index contributed by atoms with van der Waals surface area (Å²) in [5, 5.41) is 30.4. The van der Waals surface area contributed by atoms with Crippen LogP contribution < -0.4 is 5.32 Å². The largest absolute Gasteiger partial charge is 0.508 e. The number of aliphatic hydroxyl groups is 1. The molecule has 0 saturated heterocycles. The van der Waals surface area contributed by atoms with Crippen molar-refractivity contribution in [3.8, 4) is 23.3 Å². The molecule has 0 unspecified atom stereocenters. The highest BCUT2D eigenvalue weighted by Crippen LogP contribution is 2.24. The van der Waals surface area contributed by atoms with Gasteiger partial charge in [-0.3, -0.25) is 10.1 Å². The van der Waals surface area contributed by atoms with Crippen molar-refractivity contribution in [1.82, 2.24) is 4.98 Å². The van der Waals surface area contributed by atoms with Gasteiger partial charge in [0.1, 0.15) is 11.5 Å². The maximum absolute atomic E-state index is 12.0. The number of hydrogen-bond donors (Lipinski definition) is 4. The van der Waals surface area contributed by atoms with E-state index >= 15 is 0 Å². The zero-order valence-electron chi connectivity index (χ0n) is 10.8. The zero-order chi connectivity index (χ0) is 15.2. The molecule has 0 saturated carbocycles. The van der Waals surface area contributed by atoms with Crippen molar-refractivity contribution in [1.29, 1.82) is 0 Å². The number of aromatic nitrogens is 1. The van der Waals surface area contributed by atoms with Gasteiger partial charge in [0.25, 0.3) is 5.91 Å². The number of nitrogens with one attached hydrogen (secondary N) is 1. The normalized spacial score (nSPS) is 9.76. The molecule has 0 radical (unpaired) electrons. The van der Waals surface area contributed by atoms with Crippen LogP contribution in [0.5, 0.6) is 11.5 Å². The van der Waals surface area contributed by atoms with Gasteiger partial charge in [-0.2, -0.15) is 0 Å². The van der Waals surface area contributed by atoms with Gasteiger partial charge in [-0.25, -0.2) is 4.98 Å². The molecule has 0 aliphatic heterocycles. The lowest BCUT2D eigenvalue weighted by atomic mass is 10.2. The number of anilines is 1. The van der Waals surface area contributed by atoms with E-state index in [1.807, 2.05) is 0 Å². The number of carbonyl (C=O) groups is 1. The van der Waals surface area contributed by atoms with Gasteiger partial charge in [0.2, 0.25) is 0 Å². The van der Waals surface area contributed by atoms with Crippen LogP contribution in [0.4, 0.5) is 5.13 Å². The Morgan fingerprint density at radius 3 is 2.95 bits per heavy atom. The number of rotatable bonds is 3. The van der Waals surface area contributed by atoms with Gasteiger partial charge in [-0.15, -0.1) is 0 Å². The molecular weight excluding hydrogens is 292 g/mol. The third-order valence-corrected chi connectivity index (χ3v) is 3.23. The van der Waals surface area contributed by atoms with Crippen LogP contribution in [0.15, 0.2) is 24.4 Å². The lowest BCUT2D eigenvalue weighted by Crippen LogP contribution is -2.11. The van der Waals surface area contributed by atoms with Gasteiger partial charge in [0.15, 0.2) is 5.13 Å². The van der Waals surface area contributed by atoms with Crippen LogP contribution in [-0.4, -0.2) is 32.8 Å². The second-order valence-corrected chi connectivity index (χ2v) is 4.99. The average Bonchev–Trinajstić information content (AvgIpc) is 2.89. The van der Waals surface area contributed by atoms with E-state index in [4.69, 9.17) is 5.11 Å². The average molecular weight is 304 g/mol.